The topological polar surface area (TPSA) is 80.1 Å². The molecule has 2 fully saturated rings. The highest BCUT2D eigenvalue weighted by molar-refractivity contribution is 5.95. The van der Waals surface area contributed by atoms with Gasteiger partial charge >= 0.3 is 0 Å². The van der Waals surface area contributed by atoms with E-state index in [1.165, 1.54) is 12.1 Å². The van der Waals surface area contributed by atoms with Crippen LogP contribution < -0.4 is 5.32 Å². The van der Waals surface area contributed by atoms with E-state index in [1.807, 2.05) is 11.8 Å². The fourth-order valence-corrected chi connectivity index (χ4v) is 4.21. The van der Waals surface area contributed by atoms with Gasteiger partial charge in [-0.25, -0.2) is 14.1 Å². The Morgan fingerprint density at radius 3 is 2.68 bits per heavy atom. The van der Waals surface area contributed by atoms with E-state index in [0.717, 1.165) is 25.1 Å². The van der Waals surface area contributed by atoms with Crippen molar-refractivity contribution >= 4 is 17.5 Å². The van der Waals surface area contributed by atoms with E-state index in [0.29, 0.717) is 24.6 Å². The summed E-state index contributed by atoms with van der Waals surface area (Å²) in [5.74, 6) is 0.938. The summed E-state index contributed by atoms with van der Waals surface area (Å²) in [4.78, 5) is 31.2. The minimum absolute atomic E-state index is 0.0199. The Balaban J connectivity index is 1.30. The zero-order valence-corrected chi connectivity index (χ0v) is 16.1. The number of nitrogens with one attached hydrogen (secondary N) is 1. The summed E-state index contributed by atoms with van der Waals surface area (Å²) in [6.45, 7) is 5.14. The quantitative estimate of drug-likeness (QED) is 0.876. The molecule has 0 bridgehead atoms. The molecule has 2 aliphatic rings. The first kappa shape index (κ1) is 18.6. The van der Waals surface area contributed by atoms with E-state index in [2.05, 4.69) is 15.4 Å². The molecule has 1 aliphatic heterocycles. The Kier molecular flexibility index (Phi) is 4.64. The molecular formula is C20H24FN5O2. The Morgan fingerprint density at radius 1 is 1.29 bits per heavy atom. The SMILES string of the molecule is Cc1nc(C)n(CC(=O)N2CCC3(CC2)CC3C(=O)Nc2cccc(F)c2)n1. The molecule has 148 valence electrons. The number of hydrogen-bond acceptors (Lipinski definition) is 4. The summed E-state index contributed by atoms with van der Waals surface area (Å²) in [6, 6.07) is 5.94. The van der Waals surface area contributed by atoms with Crippen molar-refractivity contribution in [2.45, 2.75) is 39.7 Å². The first-order valence-corrected chi connectivity index (χ1v) is 9.59. The first-order chi connectivity index (χ1) is 13.4. The number of nitrogens with zero attached hydrogens (tertiary/aromatic N) is 4. The van der Waals surface area contributed by atoms with Crippen LogP contribution in [0.15, 0.2) is 24.3 Å². The van der Waals surface area contributed by atoms with Crippen LogP contribution >= 0.6 is 0 Å². The smallest absolute Gasteiger partial charge is 0.244 e. The number of rotatable bonds is 4. The molecule has 8 heteroatoms. The molecule has 28 heavy (non-hydrogen) atoms. The summed E-state index contributed by atoms with van der Waals surface area (Å²) in [5, 5.41) is 7.06. The summed E-state index contributed by atoms with van der Waals surface area (Å²) in [7, 11) is 0. The molecule has 1 unspecified atom stereocenters. The maximum atomic E-state index is 13.3. The van der Waals surface area contributed by atoms with Crippen molar-refractivity contribution in [3.63, 3.8) is 0 Å². The number of piperidine rings is 1. The van der Waals surface area contributed by atoms with Crippen molar-refractivity contribution in [1.82, 2.24) is 19.7 Å². The van der Waals surface area contributed by atoms with Crippen LogP contribution in [0.5, 0.6) is 0 Å². The average Bonchev–Trinajstić information content (AvgIpc) is 3.25. The zero-order chi connectivity index (χ0) is 19.9. The van der Waals surface area contributed by atoms with Crippen LogP contribution in [0.25, 0.3) is 0 Å². The van der Waals surface area contributed by atoms with Crippen molar-refractivity contribution < 1.29 is 14.0 Å². The molecule has 1 spiro atoms. The predicted octanol–water partition coefficient (Wildman–Crippen LogP) is 2.30. The molecule has 0 radical (unpaired) electrons. The predicted molar refractivity (Wildman–Crippen MR) is 101 cm³/mol. The number of carbonyl (C=O) groups excluding carboxylic acids is 2. The van der Waals surface area contributed by atoms with Gasteiger partial charge in [-0.15, -0.1) is 0 Å². The number of aryl methyl sites for hydroxylation is 2. The zero-order valence-electron chi connectivity index (χ0n) is 16.1. The van der Waals surface area contributed by atoms with Gasteiger partial charge in [0.1, 0.15) is 24.0 Å². The molecular weight excluding hydrogens is 361 g/mol. The Bertz CT molecular complexity index is 917. The second kappa shape index (κ2) is 7.00. The van der Waals surface area contributed by atoms with E-state index in [1.54, 1.807) is 23.7 Å². The summed E-state index contributed by atoms with van der Waals surface area (Å²) in [6.07, 6.45) is 2.46. The van der Waals surface area contributed by atoms with E-state index in [4.69, 9.17) is 0 Å². The van der Waals surface area contributed by atoms with E-state index >= 15 is 0 Å². The molecule has 7 nitrogen and oxygen atoms in total. The standard InChI is InChI=1S/C20H24FN5O2/c1-13-22-14(2)26(24-13)12-18(27)25-8-6-20(7-9-25)11-17(20)19(28)23-16-5-3-4-15(21)10-16/h3-5,10,17H,6-9,11-12H2,1-2H3,(H,23,28). The Hall–Kier alpha value is -2.77. The largest absolute Gasteiger partial charge is 0.341 e. The number of hydrogen-bond donors (Lipinski definition) is 1. The molecule has 1 N–H and O–H groups in total. The normalized spacial score (nSPS) is 20.2. The second-order valence-corrected chi connectivity index (χ2v) is 7.86. The molecule has 2 heterocycles. The number of anilines is 1. The highest BCUT2D eigenvalue weighted by Gasteiger charge is 2.58. The van der Waals surface area contributed by atoms with Crippen molar-refractivity contribution in [3.05, 3.63) is 41.7 Å². The maximum absolute atomic E-state index is 13.3. The van der Waals surface area contributed by atoms with Gasteiger partial charge in [0.15, 0.2) is 0 Å². The van der Waals surface area contributed by atoms with Crippen molar-refractivity contribution in [1.29, 1.82) is 0 Å². The molecule has 1 aromatic carbocycles. The van der Waals surface area contributed by atoms with Gasteiger partial charge in [-0.05, 0) is 56.7 Å². The van der Waals surface area contributed by atoms with Crippen LogP contribution in [0, 0.1) is 31.0 Å². The van der Waals surface area contributed by atoms with E-state index < -0.39 is 0 Å². The fourth-order valence-electron chi connectivity index (χ4n) is 4.21. The molecule has 1 aromatic heterocycles. The van der Waals surface area contributed by atoms with Crippen LogP contribution in [0.1, 0.15) is 30.9 Å². The molecule has 2 amide bonds. The van der Waals surface area contributed by atoms with Crippen molar-refractivity contribution in [3.8, 4) is 0 Å². The number of likely N-dealkylation sites (tertiary alicyclic amines) is 1. The highest BCUT2D eigenvalue weighted by atomic mass is 19.1. The summed E-state index contributed by atoms with van der Waals surface area (Å²) < 4.78 is 14.9. The summed E-state index contributed by atoms with van der Waals surface area (Å²) >= 11 is 0. The second-order valence-electron chi connectivity index (χ2n) is 7.86. The third-order valence-corrected chi connectivity index (χ3v) is 5.96. The number of halogens is 1. The number of amides is 2. The molecule has 1 saturated heterocycles. The lowest BCUT2D eigenvalue weighted by molar-refractivity contribution is -0.133. The fraction of sp³-hybridized carbons (Fsp3) is 0.500. The van der Waals surface area contributed by atoms with Crippen LogP contribution in [-0.4, -0.2) is 44.6 Å². The monoisotopic (exact) mass is 385 g/mol. The molecule has 2 aromatic rings. The average molecular weight is 385 g/mol. The third kappa shape index (κ3) is 3.63. The van der Waals surface area contributed by atoms with Gasteiger partial charge in [0.2, 0.25) is 11.8 Å². The van der Waals surface area contributed by atoms with Gasteiger partial charge in [0.25, 0.3) is 0 Å². The summed E-state index contributed by atoms with van der Waals surface area (Å²) in [5.41, 5.74) is 0.465. The van der Waals surface area contributed by atoms with E-state index in [9.17, 15) is 14.0 Å². The number of carbonyl (C=O) groups is 2. The molecule has 1 aliphatic carbocycles. The first-order valence-electron chi connectivity index (χ1n) is 9.59. The van der Waals surface area contributed by atoms with Gasteiger partial charge < -0.3 is 10.2 Å². The van der Waals surface area contributed by atoms with Crippen LogP contribution in [0.3, 0.4) is 0 Å². The van der Waals surface area contributed by atoms with Crippen LogP contribution in [0.2, 0.25) is 0 Å². The van der Waals surface area contributed by atoms with Crippen LogP contribution in [-0.2, 0) is 16.1 Å². The number of benzene rings is 1. The van der Waals surface area contributed by atoms with Gasteiger partial charge in [-0.2, -0.15) is 5.10 Å². The highest BCUT2D eigenvalue weighted by Crippen LogP contribution is 2.59. The molecule has 1 saturated carbocycles. The van der Waals surface area contributed by atoms with Gasteiger partial charge in [0.05, 0.1) is 0 Å². The van der Waals surface area contributed by atoms with Gasteiger partial charge in [-0.1, -0.05) is 6.07 Å². The number of aromatic nitrogens is 3. The van der Waals surface area contributed by atoms with Crippen LogP contribution in [0.4, 0.5) is 10.1 Å². The Labute approximate surface area is 162 Å². The Morgan fingerprint density at radius 2 is 2.04 bits per heavy atom. The van der Waals surface area contributed by atoms with Crippen molar-refractivity contribution in [2.24, 2.45) is 11.3 Å². The maximum Gasteiger partial charge on any atom is 0.244 e. The van der Waals surface area contributed by atoms with E-state index in [-0.39, 0.29) is 35.5 Å². The lowest BCUT2D eigenvalue weighted by atomic mass is 9.90. The van der Waals surface area contributed by atoms with Gasteiger partial charge in [0, 0.05) is 24.7 Å². The minimum Gasteiger partial charge on any atom is -0.341 e. The van der Waals surface area contributed by atoms with Crippen molar-refractivity contribution in [2.75, 3.05) is 18.4 Å². The third-order valence-electron chi connectivity index (χ3n) is 5.96. The van der Waals surface area contributed by atoms with Gasteiger partial charge in [-0.3, -0.25) is 9.59 Å². The molecule has 1 atom stereocenters. The molecule has 4 rings (SSSR count). The lowest BCUT2D eigenvalue weighted by Crippen LogP contribution is -2.42. The minimum atomic E-state index is -0.368. The lowest BCUT2D eigenvalue weighted by Gasteiger charge is -2.33.